The van der Waals surface area contributed by atoms with Crippen molar-refractivity contribution in [1.82, 2.24) is 19.4 Å². The number of nitrogens with zero attached hydrogens (tertiary/aromatic N) is 6. The van der Waals surface area contributed by atoms with E-state index in [2.05, 4.69) is 16.0 Å². The van der Waals surface area contributed by atoms with E-state index in [1.54, 1.807) is 4.57 Å². The molecule has 2 aromatic heterocycles. The van der Waals surface area contributed by atoms with Gasteiger partial charge in [0.05, 0.1) is 6.54 Å². The van der Waals surface area contributed by atoms with E-state index >= 15 is 0 Å². The fourth-order valence-corrected chi connectivity index (χ4v) is 4.47. The molecule has 1 saturated heterocycles. The van der Waals surface area contributed by atoms with Crippen LogP contribution in [-0.2, 0) is 19.5 Å². The molecule has 0 radical (unpaired) electrons. The summed E-state index contributed by atoms with van der Waals surface area (Å²) in [7, 11) is 0. The highest BCUT2D eigenvalue weighted by atomic mass is 19.3. The number of alkyl halides is 2. The quantitative estimate of drug-likeness (QED) is 0.528. The second-order valence-electron chi connectivity index (χ2n) is 8.46. The summed E-state index contributed by atoms with van der Waals surface area (Å²) in [6, 6.07) is 4.32. The molecule has 1 atom stereocenters. The van der Waals surface area contributed by atoms with Gasteiger partial charge in [-0.15, -0.1) is 0 Å². The van der Waals surface area contributed by atoms with Gasteiger partial charge < -0.3 is 19.8 Å². The average molecular weight is 434 g/mol. The van der Waals surface area contributed by atoms with Crippen LogP contribution < -0.4 is 9.64 Å². The Bertz CT molecular complexity index is 964. The topological polar surface area (TPSA) is 89.6 Å². The molecule has 1 fully saturated rings. The Hall–Kier alpha value is -2.82. The van der Waals surface area contributed by atoms with Crippen molar-refractivity contribution in [3.05, 3.63) is 39.7 Å². The van der Waals surface area contributed by atoms with Crippen LogP contribution in [0.2, 0.25) is 0 Å². The van der Waals surface area contributed by atoms with Crippen LogP contribution in [0, 0.1) is 10.1 Å². The second-order valence-corrected chi connectivity index (χ2v) is 8.46. The van der Waals surface area contributed by atoms with E-state index < -0.39 is 10.8 Å². The molecule has 0 N–H and O–H groups in total. The van der Waals surface area contributed by atoms with E-state index in [1.165, 1.54) is 11.8 Å². The number of fused-ring (bicyclic) bond motifs is 2. The first kappa shape index (κ1) is 20.1. The van der Waals surface area contributed by atoms with Gasteiger partial charge in [-0.25, -0.2) is 13.8 Å². The predicted molar refractivity (Wildman–Crippen MR) is 108 cm³/mol. The summed E-state index contributed by atoms with van der Waals surface area (Å²) >= 11 is 0. The van der Waals surface area contributed by atoms with Crippen molar-refractivity contribution in [2.75, 3.05) is 31.1 Å². The summed E-state index contributed by atoms with van der Waals surface area (Å²) in [5.74, 6) is -1.95. The molecule has 0 aliphatic carbocycles. The lowest BCUT2D eigenvalue weighted by molar-refractivity contribution is -0.389. The minimum absolute atomic E-state index is 0.0394. The van der Waals surface area contributed by atoms with Gasteiger partial charge in [-0.05, 0) is 23.0 Å². The SMILES string of the molecule is O=[N+]([O-])c1cn2c(n1)O[C@H](CCN1CCc3nc(N4CCC(F)(F)CC4)ccc3C1)C2. The van der Waals surface area contributed by atoms with E-state index in [9.17, 15) is 18.9 Å². The molecule has 0 bridgehead atoms. The lowest BCUT2D eigenvalue weighted by atomic mass is 10.0. The van der Waals surface area contributed by atoms with Crippen molar-refractivity contribution in [3.63, 3.8) is 0 Å². The molecular weight excluding hydrogens is 410 g/mol. The van der Waals surface area contributed by atoms with Gasteiger partial charge in [0, 0.05) is 62.7 Å². The third kappa shape index (κ3) is 4.18. The summed E-state index contributed by atoms with van der Waals surface area (Å²) in [6.45, 7) is 3.77. The Labute approximate surface area is 177 Å². The Morgan fingerprint density at radius 1 is 1.23 bits per heavy atom. The van der Waals surface area contributed by atoms with Crippen molar-refractivity contribution in [2.24, 2.45) is 0 Å². The first-order chi connectivity index (χ1) is 14.9. The predicted octanol–water partition coefficient (Wildman–Crippen LogP) is 2.63. The Kier molecular flexibility index (Phi) is 4.99. The second kappa shape index (κ2) is 7.70. The van der Waals surface area contributed by atoms with Crippen LogP contribution >= 0.6 is 0 Å². The zero-order valence-electron chi connectivity index (χ0n) is 17.0. The number of hydrogen-bond acceptors (Lipinski definition) is 7. The maximum atomic E-state index is 13.4. The van der Waals surface area contributed by atoms with Gasteiger partial charge in [0.15, 0.2) is 0 Å². The fourth-order valence-electron chi connectivity index (χ4n) is 4.47. The molecule has 31 heavy (non-hydrogen) atoms. The van der Waals surface area contributed by atoms with Crippen LogP contribution in [0.25, 0.3) is 0 Å². The number of piperidine rings is 1. The smallest absolute Gasteiger partial charge is 0.414 e. The molecule has 2 aromatic rings. The number of aromatic nitrogens is 3. The first-order valence-corrected chi connectivity index (χ1v) is 10.6. The number of pyridine rings is 1. The summed E-state index contributed by atoms with van der Waals surface area (Å²) < 4.78 is 34.3. The van der Waals surface area contributed by atoms with Gasteiger partial charge in [-0.3, -0.25) is 9.47 Å². The Morgan fingerprint density at radius 2 is 2.03 bits per heavy atom. The number of nitro groups is 1. The zero-order chi connectivity index (χ0) is 21.6. The maximum absolute atomic E-state index is 13.4. The molecule has 5 heterocycles. The lowest BCUT2D eigenvalue weighted by Gasteiger charge is -2.34. The van der Waals surface area contributed by atoms with E-state index in [-0.39, 0.29) is 24.8 Å². The molecule has 3 aliphatic rings. The molecule has 0 amide bonds. The van der Waals surface area contributed by atoms with Crippen LogP contribution in [-0.4, -0.2) is 62.6 Å². The zero-order valence-corrected chi connectivity index (χ0v) is 17.0. The number of halogens is 2. The van der Waals surface area contributed by atoms with Gasteiger partial charge in [-0.2, -0.15) is 0 Å². The number of hydrogen-bond donors (Lipinski definition) is 0. The average Bonchev–Trinajstić information content (AvgIpc) is 3.31. The van der Waals surface area contributed by atoms with E-state index in [0.29, 0.717) is 25.6 Å². The van der Waals surface area contributed by atoms with E-state index in [0.717, 1.165) is 44.0 Å². The van der Waals surface area contributed by atoms with Gasteiger partial charge in [0.1, 0.15) is 18.1 Å². The van der Waals surface area contributed by atoms with Crippen LogP contribution in [0.5, 0.6) is 6.01 Å². The largest absolute Gasteiger partial charge is 0.441 e. The first-order valence-electron chi connectivity index (χ1n) is 10.6. The third-order valence-corrected chi connectivity index (χ3v) is 6.29. The van der Waals surface area contributed by atoms with Crippen molar-refractivity contribution in [2.45, 2.75) is 50.8 Å². The van der Waals surface area contributed by atoms with Crippen molar-refractivity contribution in [1.29, 1.82) is 0 Å². The van der Waals surface area contributed by atoms with Crippen molar-refractivity contribution < 1.29 is 18.4 Å². The van der Waals surface area contributed by atoms with Crippen LogP contribution in [0.1, 0.15) is 30.5 Å². The summed E-state index contributed by atoms with van der Waals surface area (Å²) in [6.07, 6.45) is 2.78. The molecule has 11 heteroatoms. The minimum atomic E-state index is -2.55. The van der Waals surface area contributed by atoms with Crippen LogP contribution in [0.15, 0.2) is 18.3 Å². The summed E-state index contributed by atoms with van der Waals surface area (Å²) in [5, 5.41) is 10.8. The van der Waals surface area contributed by atoms with Crippen molar-refractivity contribution in [3.8, 4) is 6.01 Å². The summed E-state index contributed by atoms with van der Waals surface area (Å²) in [4.78, 5) is 23.2. The molecule has 0 unspecified atom stereocenters. The Morgan fingerprint density at radius 3 is 2.77 bits per heavy atom. The number of ether oxygens (including phenoxy) is 1. The van der Waals surface area contributed by atoms with Gasteiger partial charge in [-0.1, -0.05) is 6.07 Å². The normalized spacial score (nSPS) is 22.6. The van der Waals surface area contributed by atoms with Crippen LogP contribution in [0.3, 0.4) is 0 Å². The molecule has 0 aromatic carbocycles. The highest BCUT2D eigenvalue weighted by Gasteiger charge is 2.35. The number of imidazole rings is 1. The van der Waals surface area contributed by atoms with Gasteiger partial charge in [0.2, 0.25) is 0 Å². The number of anilines is 1. The van der Waals surface area contributed by atoms with E-state index in [1.807, 2.05) is 11.0 Å². The van der Waals surface area contributed by atoms with Gasteiger partial charge in [0.25, 0.3) is 5.92 Å². The molecule has 0 saturated carbocycles. The Balaban J connectivity index is 1.14. The molecule has 0 spiro atoms. The minimum Gasteiger partial charge on any atom is -0.441 e. The third-order valence-electron chi connectivity index (χ3n) is 6.29. The van der Waals surface area contributed by atoms with E-state index in [4.69, 9.17) is 9.72 Å². The molecule has 9 nitrogen and oxygen atoms in total. The maximum Gasteiger partial charge on any atom is 0.414 e. The molecule has 5 rings (SSSR count). The molecular formula is C20H24F2N6O3. The van der Waals surface area contributed by atoms with Crippen LogP contribution in [0.4, 0.5) is 20.4 Å². The number of rotatable bonds is 5. The van der Waals surface area contributed by atoms with Crippen molar-refractivity contribution >= 4 is 11.6 Å². The highest BCUT2D eigenvalue weighted by molar-refractivity contribution is 5.43. The standard InChI is InChI=1S/C20H24F2N6O3/c21-20(22)5-9-26(10-6-20)17-2-1-14-11-25(8-4-16(14)23-17)7-3-15-12-27-13-18(28(29)30)24-19(27)31-15/h1-2,13,15H,3-12H2/t15-/m1/s1. The lowest BCUT2D eigenvalue weighted by Crippen LogP contribution is -2.40. The fraction of sp³-hybridized carbons (Fsp3) is 0.600. The monoisotopic (exact) mass is 434 g/mol. The highest BCUT2D eigenvalue weighted by Crippen LogP contribution is 2.31. The van der Waals surface area contributed by atoms with Gasteiger partial charge >= 0.3 is 11.8 Å². The molecule has 166 valence electrons. The molecule has 3 aliphatic heterocycles. The summed E-state index contributed by atoms with van der Waals surface area (Å²) in [5.41, 5.74) is 2.23.